The Morgan fingerprint density at radius 2 is 1.73 bits per heavy atom. The third-order valence-electron chi connectivity index (χ3n) is 3.13. The quantitative estimate of drug-likeness (QED) is 0.672. The number of aromatic amines is 1. The van der Waals surface area contributed by atoms with Crippen molar-refractivity contribution in [3.63, 3.8) is 0 Å². The molecule has 2 nitrogen and oxygen atoms in total. The maximum Gasteiger partial charge on any atom is 0.416 e. The minimum Gasteiger partial charge on any atom is -0.338 e. The summed E-state index contributed by atoms with van der Waals surface area (Å²) in [6.07, 6.45) is -0.920. The van der Waals surface area contributed by atoms with E-state index in [1.165, 1.54) is 12.1 Å². The van der Waals surface area contributed by atoms with E-state index in [0.717, 1.165) is 23.2 Å². The molecule has 3 rings (SSSR count). The van der Waals surface area contributed by atoms with E-state index in [0.29, 0.717) is 16.4 Å². The van der Waals surface area contributed by atoms with Gasteiger partial charge in [0, 0.05) is 5.02 Å². The van der Waals surface area contributed by atoms with Crippen LogP contribution in [0.25, 0.3) is 23.2 Å². The SMILES string of the molecule is FC(F)(F)c1ccc(C=Cc2nc3ccc(Cl)cc3[nH]2)cc1. The standard InChI is InChI=1S/C16H10ClF3N2/c17-12-6-7-13-14(9-12)22-15(21-13)8-3-10-1-4-11(5-2-10)16(18,19)20/h1-9H,(H,21,22). The highest BCUT2D eigenvalue weighted by Gasteiger charge is 2.29. The number of H-pyrrole nitrogens is 1. The maximum atomic E-state index is 12.5. The van der Waals surface area contributed by atoms with E-state index in [9.17, 15) is 13.2 Å². The fourth-order valence-corrected chi connectivity index (χ4v) is 2.21. The molecule has 0 amide bonds. The number of halogens is 4. The summed E-state index contributed by atoms with van der Waals surface area (Å²) in [6, 6.07) is 10.2. The van der Waals surface area contributed by atoms with Gasteiger partial charge in [0.15, 0.2) is 0 Å². The Morgan fingerprint density at radius 1 is 1.00 bits per heavy atom. The molecule has 0 saturated carbocycles. The number of imidazole rings is 1. The molecule has 0 aliphatic heterocycles. The maximum absolute atomic E-state index is 12.5. The third kappa shape index (κ3) is 3.14. The fourth-order valence-electron chi connectivity index (χ4n) is 2.04. The van der Waals surface area contributed by atoms with Crippen molar-refractivity contribution in [2.75, 3.05) is 0 Å². The predicted octanol–water partition coefficient (Wildman–Crippen LogP) is 5.41. The highest BCUT2D eigenvalue weighted by atomic mass is 35.5. The van der Waals surface area contributed by atoms with Crippen LogP contribution in [0.4, 0.5) is 13.2 Å². The van der Waals surface area contributed by atoms with E-state index in [1.54, 1.807) is 30.4 Å². The number of fused-ring (bicyclic) bond motifs is 1. The molecule has 0 spiro atoms. The molecule has 0 radical (unpaired) electrons. The molecule has 1 heterocycles. The lowest BCUT2D eigenvalue weighted by Crippen LogP contribution is -2.03. The smallest absolute Gasteiger partial charge is 0.338 e. The molecular formula is C16H10ClF3N2. The van der Waals surface area contributed by atoms with Gasteiger partial charge in [0.05, 0.1) is 16.6 Å². The summed E-state index contributed by atoms with van der Waals surface area (Å²) in [7, 11) is 0. The Kier molecular flexibility index (Phi) is 3.66. The van der Waals surface area contributed by atoms with Gasteiger partial charge in [-0.15, -0.1) is 0 Å². The number of rotatable bonds is 2. The van der Waals surface area contributed by atoms with Crippen LogP contribution in [-0.2, 0) is 6.18 Å². The van der Waals surface area contributed by atoms with Gasteiger partial charge in [0.1, 0.15) is 5.82 Å². The molecule has 0 atom stereocenters. The molecule has 112 valence electrons. The lowest BCUT2D eigenvalue weighted by atomic mass is 10.1. The van der Waals surface area contributed by atoms with Crippen molar-refractivity contribution < 1.29 is 13.2 Å². The molecular weight excluding hydrogens is 313 g/mol. The lowest BCUT2D eigenvalue weighted by molar-refractivity contribution is -0.137. The molecule has 0 fully saturated rings. The predicted molar refractivity (Wildman–Crippen MR) is 81.5 cm³/mol. The monoisotopic (exact) mass is 322 g/mol. The molecule has 1 aromatic heterocycles. The van der Waals surface area contributed by atoms with Crippen LogP contribution in [0, 0.1) is 0 Å². The molecule has 22 heavy (non-hydrogen) atoms. The highest BCUT2D eigenvalue weighted by molar-refractivity contribution is 6.31. The summed E-state index contributed by atoms with van der Waals surface area (Å²) >= 11 is 5.89. The van der Waals surface area contributed by atoms with Crippen molar-refractivity contribution in [3.05, 3.63) is 64.4 Å². The van der Waals surface area contributed by atoms with Gasteiger partial charge in [-0.05, 0) is 42.0 Å². The van der Waals surface area contributed by atoms with Crippen molar-refractivity contribution in [1.82, 2.24) is 9.97 Å². The zero-order valence-electron chi connectivity index (χ0n) is 11.2. The molecule has 1 N–H and O–H groups in total. The summed E-state index contributed by atoms with van der Waals surface area (Å²) in [5, 5.41) is 0.606. The van der Waals surface area contributed by atoms with Crippen molar-refractivity contribution in [2.45, 2.75) is 6.18 Å². The molecule has 0 saturated heterocycles. The van der Waals surface area contributed by atoms with Crippen LogP contribution in [0.1, 0.15) is 17.0 Å². The number of hydrogen-bond donors (Lipinski definition) is 1. The minimum atomic E-state index is -4.32. The number of benzene rings is 2. The Morgan fingerprint density at radius 3 is 2.41 bits per heavy atom. The Balaban J connectivity index is 1.83. The molecule has 0 aliphatic rings. The van der Waals surface area contributed by atoms with E-state index in [-0.39, 0.29) is 0 Å². The summed E-state index contributed by atoms with van der Waals surface area (Å²) in [6.45, 7) is 0. The first-order valence-corrected chi connectivity index (χ1v) is 6.80. The van der Waals surface area contributed by atoms with E-state index in [4.69, 9.17) is 11.6 Å². The number of aromatic nitrogens is 2. The minimum absolute atomic E-state index is 0.606. The lowest BCUT2D eigenvalue weighted by Gasteiger charge is -2.05. The van der Waals surface area contributed by atoms with E-state index in [2.05, 4.69) is 9.97 Å². The van der Waals surface area contributed by atoms with Crippen molar-refractivity contribution >= 4 is 34.8 Å². The number of nitrogens with one attached hydrogen (secondary N) is 1. The van der Waals surface area contributed by atoms with Crippen LogP contribution in [-0.4, -0.2) is 9.97 Å². The first kappa shape index (κ1) is 14.7. The highest BCUT2D eigenvalue weighted by Crippen LogP contribution is 2.29. The molecule has 2 aromatic carbocycles. The summed E-state index contributed by atoms with van der Waals surface area (Å²) in [5.41, 5.74) is 1.57. The van der Waals surface area contributed by atoms with Crippen LogP contribution in [0.15, 0.2) is 42.5 Å². The van der Waals surface area contributed by atoms with Gasteiger partial charge in [0.2, 0.25) is 0 Å². The normalized spacial score (nSPS) is 12.4. The number of hydrogen-bond acceptors (Lipinski definition) is 1. The van der Waals surface area contributed by atoms with E-state index in [1.807, 2.05) is 0 Å². The van der Waals surface area contributed by atoms with E-state index < -0.39 is 11.7 Å². The average molecular weight is 323 g/mol. The third-order valence-corrected chi connectivity index (χ3v) is 3.37. The summed E-state index contributed by atoms with van der Waals surface area (Å²) < 4.78 is 37.4. The second-order valence-electron chi connectivity index (χ2n) is 4.74. The molecule has 3 aromatic rings. The van der Waals surface area contributed by atoms with Crippen LogP contribution >= 0.6 is 11.6 Å². The van der Waals surface area contributed by atoms with Crippen molar-refractivity contribution in [1.29, 1.82) is 0 Å². The van der Waals surface area contributed by atoms with Crippen LogP contribution in [0.5, 0.6) is 0 Å². The Bertz CT molecular complexity index is 833. The van der Waals surface area contributed by atoms with Gasteiger partial charge in [-0.2, -0.15) is 13.2 Å². The summed E-state index contributed by atoms with van der Waals surface area (Å²) in [4.78, 5) is 7.42. The fraction of sp³-hybridized carbons (Fsp3) is 0.0625. The average Bonchev–Trinajstić information content (AvgIpc) is 2.86. The van der Waals surface area contributed by atoms with Gasteiger partial charge < -0.3 is 4.98 Å². The van der Waals surface area contributed by atoms with E-state index >= 15 is 0 Å². The van der Waals surface area contributed by atoms with Gasteiger partial charge in [0.25, 0.3) is 0 Å². The Labute approximate surface area is 129 Å². The van der Waals surface area contributed by atoms with Crippen LogP contribution in [0.3, 0.4) is 0 Å². The topological polar surface area (TPSA) is 28.7 Å². The van der Waals surface area contributed by atoms with Crippen molar-refractivity contribution in [2.24, 2.45) is 0 Å². The second kappa shape index (κ2) is 5.50. The van der Waals surface area contributed by atoms with Crippen LogP contribution < -0.4 is 0 Å². The van der Waals surface area contributed by atoms with Gasteiger partial charge in [-0.3, -0.25) is 0 Å². The van der Waals surface area contributed by atoms with Crippen LogP contribution in [0.2, 0.25) is 5.02 Å². The largest absolute Gasteiger partial charge is 0.416 e. The Hall–Kier alpha value is -2.27. The molecule has 0 bridgehead atoms. The first-order valence-electron chi connectivity index (χ1n) is 6.42. The first-order chi connectivity index (χ1) is 10.4. The zero-order chi connectivity index (χ0) is 15.7. The van der Waals surface area contributed by atoms with Crippen molar-refractivity contribution in [3.8, 4) is 0 Å². The van der Waals surface area contributed by atoms with Gasteiger partial charge in [-0.25, -0.2) is 4.98 Å². The number of nitrogens with zero attached hydrogens (tertiary/aromatic N) is 1. The summed E-state index contributed by atoms with van der Waals surface area (Å²) in [5.74, 6) is 0.608. The zero-order valence-corrected chi connectivity index (χ0v) is 11.9. The molecule has 0 unspecified atom stereocenters. The number of alkyl halides is 3. The van der Waals surface area contributed by atoms with Gasteiger partial charge >= 0.3 is 6.18 Å². The van der Waals surface area contributed by atoms with Gasteiger partial charge in [-0.1, -0.05) is 29.8 Å². The molecule has 6 heteroatoms. The second-order valence-corrected chi connectivity index (χ2v) is 5.17. The molecule has 0 aliphatic carbocycles.